The highest BCUT2D eigenvalue weighted by atomic mass is 16.5. The van der Waals surface area contributed by atoms with Crippen molar-refractivity contribution in [3.63, 3.8) is 0 Å². The van der Waals surface area contributed by atoms with E-state index in [1.807, 2.05) is 30.3 Å². The molecule has 2 aromatic rings. The maximum atomic E-state index is 12.6. The van der Waals surface area contributed by atoms with Crippen molar-refractivity contribution in [2.24, 2.45) is 5.92 Å². The Morgan fingerprint density at radius 3 is 2.54 bits per heavy atom. The third-order valence-electron chi connectivity index (χ3n) is 5.03. The summed E-state index contributed by atoms with van der Waals surface area (Å²) < 4.78 is 5.35. The summed E-state index contributed by atoms with van der Waals surface area (Å²) in [4.78, 5) is 14.9. The summed E-state index contributed by atoms with van der Waals surface area (Å²) in [5.74, 6) is 1.60. The van der Waals surface area contributed by atoms with Crippen molar-refractivity contribution in [2.75, 3.05) is 20.2 Å². The monoisotopic (exact) mass is 352 g/mol. The van der Waals surface area contributed by atoms with Gasteiger partial charge in [-0.15, -0.1) is 0 Å². The molecule has 26 heavy (non-hydrogen) atoms. The number of rotatable bonds is 9. The molecule has 1 unspecified atom stereocenters. The molecule has 3 rings (SSSR count). The van der Waals surface area contributed by atoms with Crippen LogP contribution in [-0.2, 0) is 11.3 Å². The Morgan fingerprint density at radius 2 is 1.85 bits per heavy atom. The first-order chi connectivity index (χ1) is 12.7. The highest BCUT2D eigenvalue weighted by molar-refractivity contribution is 5.78. The largest absolute Gasteiger partial charge is 0.496 e. The summed E-state index contributed by atoms with van der Waals surface area (Å²) >= 11 is 0. The van der Waals surface area contributed by atoms with Gasteiger partial charge in [-0.2, -0.15) is 0 Å². The number of nitrogens with zero attached hydrogens (tertiary/aromatic N) is 1. The van der Waals surface area contributed by atoms with E-state index >= 15 is 0 Å². The molecule has 0 heterocycles. The fourth-order valence-electron chi connectivity index (χ4n) is 3.22. The van der Waals surface area contributed by atoms with E-state index in [2.05, 4.69) is 41.4 Å². The molecule has 1 aliphatic rings. The van der Waals surface area contributed by atoms with Crippen molar-refractivity contribution in [2.45, 2.75) is 32.4 Å². The zero-order valence-electron chi connectivity index (χ0n) is 15.7. The zero-order chi connectivity index (χ0) is 18.4. The second-order valence-electron chi connectivity index (χ2n) is 7.05. The van der Waals surface area contributed by atoms with E-state index in [0.717, 1.165) is 23.8 Å². The van der Waals surface area contributed by atoms with Gasteiger partial charge in [-0.3, -0.25) is 9.69 Å². The number of benzene rings is 2. The van der Waals surface area contributed by atoms with Gasteiger partial charge in [0, 0.05) is 24.7 Å². The van der Waals surface area contributed by atoms with E-state index in [4.69, 9.17) is 4.74 Å². The van der Waals surface area contributed by atoms with Crippen molar-refractivity contribution in [1.82, 2.24) is 10.2 Å². The fraction of sp³-hybridized carbons (Fsp3) is 0.409. The van der Waals surface area contributed by atoms with Gasteiger partial charge in [-0.05, 0) is 37.3 Å². The smallest absolute Gasteiger partial charge is 0.234 e. The predicted octanol–water partition coefficient (Wildman–Crippen LogP) is 3.78. The first-order valence-corrected chi connectivity index (χ1v) is 9.35. The lowest BCUT2D eigenvalue weighted by Crippen LogP contribution is -2.39. The van der Waals surface area contributed by atoms with Gasteiger partial charge in [0.25, 0.3) is 0 Å². The normalized spacial score (nSPS) is 14.9. The molecule has 1 aliphatic carbocycles. The van der Waals surface area contributed by atoms with Crippen molar-refractivity contribution in [1.29, 1.82) is 0 Å². The Hall–Kier alpha value is -2.33. The van der Waals surface area contributed by atoms with Gasteiger partial charge in [0.05, 0.1) is 13.7 Å². The molecule has 0 aromatic heterocycles. The summed E-state index contributed by atoms with van der Waals surface area (Å²) in [6.07, 6.45) is 2.56. The van der Waals surface area contributed by atoms with E-state index in [1.165, 1.54) is 18.4 Å². The van der Waals surface area contributed by atoms with E-state index in [0.29, 0.717) is 13.1 Å². The molecule has 138 valence electrons. The zero-order valence-corrected chi connectivity index (χ0v) is 15.7. The number of hydrogen-bond donors (Lipinski definition) is 1. The summed E-state index contributed by atoms with van der Waals surface area (Å²) in [7, 11) is 1.65. The quantitative estimate of drug-likeness (QED) is 0.747. The maximum Gasteiger partial charge on any atom is 0.234 e. The van der Waals surface area contributed by atoms with Gasteiger partial charge >= 0.3 is 0 Å². The number of amides is 1. The molecule has 0 bridgehead atoms. The van der Waals surface area contributed by atoms with Crippen LogP contribution >= 0.6 is 0 Å². The molecule has 0 saturated heterocycles. The molecule has 2 aromatic carbocycles. The van der Waals surface area contributed by atoms with Crippen LogP contribution in [0.15, 0.2) is 54.6 Å². The minimum absolute atomic E-state index is 0.0549. The van der Waals surface area contributed by atoms with Crippen LogP contribution in [0.3, 0.4) is 0 Å². The number of ether oxygens (including phenoxy) is 1. The maximum absolute atomic E-state index is 12.6. The minimum atomic E-state index is 0.0549. The molecule has 4 heteroatoms. The van der Waals surface area contributed by atoms with Gasteiger partial charge < -0.3 is 10.1 Å². The molecule has 4 nitrogen and oxygen atoms in total. The van der Waals surface area contributed by atoms with Crippen LogP contribution in [-0.4, -0.2) is 31.0 Å². The molecule has 1 atom stereocenters. The summed E-state index contributed by atoms with van der Waals surface area (Å²) in [6, 6.07) is 18.4. The number of carbonyl (C=O) groups excluding carboxylic acids is 1. The van der Waals surface area contributed by atoms with Crippen LogP contribution in [0.2, 0.25) is 0 Å². The number of nitrogens with one attached hydrogen (secondary N) is 1. The highest BCUT2D eigenvalue weighted by Crippen LogP contribution is 2.32. The molecule has 1 saturated carbocycles. The minimum Gasteiger partial charge on any atom is -0.496 e. The third-order valence-corrected chi connectivity index (χ3v) is 5.03. The molecule has 0 radical (unpaired) electrons. The molecular weight excluding hydrogens is 324 g/mol. The Balaban J connectivity index is 1.60. The lowest BCUT2D eigenvalue weighted by Gasteiger charge is -2.29. The number of methoxy groups -OCH3 is 1. The topological polar surface area (TPSA) is 41.6 Å². The van der Waals surface area contributed by atoms with Gasteiger partial charge in [0.1, 0.15) is 5.75 Å². The van der Waals surface area contributed by atoms with E-state index in [9.17, 15) is 4.79 Å². The van der Waals surface area contributed by atoms with Gasteiger partial charge in [0.2, 0.25) is 5.91 Å². The molecule has 0 spiro atoms. The second-order valence-corrected chi connectivity index (χ2v) is 7.05. The molecule has 1 fully saturated rings. The van der Waals surface area contributed by atoms with Crippen LogP contribution < -0.4 is 10.1 Å². The summed E-state index contributed by atoms with van der Waals surface area (Å²) in [6.45, 7) is 4.07. The summed E-state index contributed by atoms with van der Waals surface area (Å²) in [5.41, 5.74) is 2.25. The van der Waals surface area contributed by atoms with Crippen LogP contribution in [0, 0.1) is 5.92 Å². The predicted molar refractivity (Wildman–Crippen MR) is 104 cm³/mol. The molecule has 0 aliphatic heterocycles. The van der Waals surface area contributed by atoms with Crippen molar-refractivity contribution >= 4 is 5.91 Å². The standard InChI is InChI=1S/C22H28N2O2/c1-17(19-8-4-3-5-9-19)24(15-18-12-13-18)16-22(25)23-14-20-10-6-7-11-21(20)26-2/h3-11,17-18H,12-16H2,1-2H3,(H,23,25). The lowest BCUT2D eigenvalue weighted by molar-refractivity contribution is -0.123. The van der Waals surface area contributed by atoms with Crippen molar-refractivity contribution in [3.05, 3.63) is 65.7 Å². The van der Waals surface area contributed by atoms with Gasteiger partial charge in [-0.1, -0.05) is 48.5 Å². The van der Waals surface area contributed by atoms with Crippen LogP contribution in [0.5, 0.6) is 5.75 Å². The molecule has 1 N–H and O–H groups in total. The van der Waals surface area contributed by atoms with Crippen molar-refractivity contribution in [3.8, 4) is 5.75 Å². The molecule has 1 amide bonds. The van der Waals surface area contributed by atoms with Crippen LogP contribution in [0.1, 0.15) is 36.9 Å². The average Bonchev–Trinajstić information content (AvgIpc) is 3.50. The number of para-hydroxylation sites is 1. The van der Waals surface area contributed by atoms with E-state index in [1.54, 1.807) is 7.11 Å². The highest BCUT2D eigenvalue weighted by Gasteiger charge is 2.28. The lowest BCUT2D eigenvalue weighted by atomic mass is 10.1. The second kappa shape index (κ2) is 8.86. The Kier molecular flexibility index (Phi) is 6.29. The first kappa shape index (κ1) is 18.5. The number of hydrogen-bond acceptors (Lipinski definition) is 3. The van der Waals surface area contributed by atoms with Gasteiger partial charge in [0.15, 0.2) is 0 Å². The summed E-state index contributed by atoms with van der Waals surface area (Å²) in [5, 5.41) is 3.04. The fourth-order valence-corrected chi connectivity index (χ4v) is 3.22. The Labute approximate surface area is 156 Å². The Morgan fingerprint density at radius 1 is 1.15 bits per heavy atom. The van der Waals surface area contributed by atoms with Crippen molar-refractivity contribution < 1.29 is 9.53 Å². The SMILES string of the molecule is COc1ccccc1CNC(=O)CN(CC1CC1)C(C)c1ccccc1. The van der Waals surface area contributed by atoms with Crippen LogP contribution in [0.4, 0.5) is 0 Å². The first-order valence-electron chi connectivity index (χ1n) is 9.35. The van der Waals surface area contributed by atoms with Gasteiger partial charge in [-0.25, -0.2) is 0 Å². The third kappa shape index (κ3) is 5.09. The number of carbonyl (C=O) groups is 1. The van der Waals surface area contributed by atoms with E-state index in [-0.39, 0.29) is 11.9 Å². The molecular formula is C22H28N2O2. The average molecular weight is 352 g/mol. The Bertz CT molecular complexity index is 713. The van der Waals surface area contributed by atoms with Crippen LogP contribution in [0.25, 0.3) is 0 Å². The van der Waals surface area contributed by atoms with E-state index < -0.39 is 0 Å².